The fraction of sp³-hybridized carbons (Fsp3) is 0.600. The highest BCUT2D eigenvalue weighted by Crippen LogP contribution is 2.50. The number of ether oxygens (including phenoxy) is 2. The molecule has 3 aliphatic heterocycles. The molecule has 1 fully saturated rings. The third-order valence-corrected chi connectivity index (χ3v) is 6.50. The molecule has 5 rings (SSSR count). The Labute approximate surface area is 148 Å². The van der Waals surface area contributed by atoms with Crippen molar-refractivity contribution in [3.8, 4) is 11.5 Å². The zero-order valence-electron chi connectivity index (χ0n) is 14.9. The zero-order chi connectivity index (χ0) is 17.1. The van der Waals surface area contributed by atoms with Crippen LogP contribution in [-0.2, 0) is 6.54 Å². The van der Waals surface area contributed by atoms with Crippen molar-refractivity contribution in [2.45, 2.75) is 50.9 Å². The largest absolute Gasteiger partial charge is 0.454 e. The fourth-order valence-corrected chi connectivity index (χ4v) is 5.31. The van der Waals surface area contributed by atoms with Gasteiger partial charge in [-0.15, -0.1) is 0 Å². The molecule has 25 heavy (non-hydrogen) atoms. The summed E-state index contributed by atoms with van der Waals surface area (Å²) in [6.45, 7) is 8.58. The molecule has 1 saturated heterocycles. The van der Waals surface area contributed by atoms with E-state index < -0.39 is 6.10 Å². The van der Waals surface area contributed by atoms with Crippen LogP contribution in [0.3, 0.4) is 0 Å². The molecule has 5 nitrogen and oxygen atoms in total. The van der Waals surface area contributed by atoms with Gasteiger partial charge < -0.3 is 14.6 Å². The number of hydrogen-bond acceptors (Lipinski definition) is 5. The van der Waals surface area contributed by atoms with Gasteiger partial charge >= 0.3 is 0 Å². The third-order valence-electron chi connectivity index (χ3n) is 6.50. The van der Waals surface area contributed by atoms with Crippen molar-refractivity contribution in [1.29, 1.82) is 0 Å². The summed E-state index contributed by atoms with van der Waals surface area (Å²) in [6, 6.07) is 4.70. The molecular formula is C20H26N2O3. The van der Waals surface area contributed by atoms with E-state index in [4.69, 9.17) is 9.47 Å². The smallest absolute Gasteiger partial charge is 0.231 e. The monoisotopic (exact) mass is 342 g/mol. The molecule has 3 heterocycles. The van der Waals surface area contributed by atoms with Crippen LogP contribution in [-0.4, -0.2) is 59.5 Å². The normalized spacial score (nSPS) is 32.6. The molecule has 0 spiro atoms. The van der Waals surface area contributed by atoms with Crippen LogP contribution in [0.5, 0.6) is 11.5 Å². The second-order valence-corrected chi connectivity index (χ2v) is 7.54. The number of hydrogen-bond donors (Lipinski definition) is 1. The summed E-state index contributed by atoms with van der Waals surface area (Å²) in [5, 5.41) is 11.4. The molecule has 4 atom stereocenters. The first-order valence-electron chi connectivity index (χ1n) is 9.50. The second-order valence-electron chi connectivity index (χ2n) is 7.54. The standard InChI is InChI=1S/C20H26N2O3/c1-3-21(4-2)15-7-12-5-6-22-10-13-8-16-17(25-11-24-16)9-14(13)18(19(12)22)20(15)23/h7-9,15,18-20,23H,3-6,10-11H2,1-2H3/t15-,18-,19+,20+/m0/s1. The zero-order valence-corrected chi connectivity index (χ0v) is 14.9. The lowest BCUT2D eigenvalue weighted by Crippen LogP contribution is -2.54. The summed E-state index contributed by atoms with van der Waals surface area (Å²) in [5.74, 6) is 1.79. The molecule has 1 aliphatic carbocycles. The highest BCUT2D eigenvalue weighted by molar-refractivity contribution is 5.53. The molecule has 0 bridgehead atoms. The first-order valence-corrected chi connectivity index (χ1v) is 9.50. The molecule has 1 aromatic carbocycles. The van der Waals surface area contributed by atoms with Gasteiger partial charge in [0.2, 0.25) is 6.79 Å². The van der Waals surface area contributed by atoms with Gasteiger partial charge in [0.1, 0.15) is 0 Å². The van der Waals surface area contributed by atoms with Crippen LogP contribution >= 0.6 is 0 Å². The lowest BCUT2D eigenvalue weighted by molar-refractivity contribution is 0.0220. The first kappa shape index (κ1) is 15.7. The van der Waals surface area contributed by atoms with Gasteiger partial charge in [0.15, 0.2) is 11.5 Å². The molecule has 4 aliphatic rings. The maximum Gasteiger partial charge on any atom is 0.231 e. The van der Waals surface area contributed by atoms with Crippen LogP contribution in [0, 0.1) is 0 Å². The summed E-state index contributed by atoms with van der Waals surface area (Å²) in [7, 11) is 0. The molecule has 5 heteroatoms. The third kappa shape index (κ3) is 2.19. The summed E-state index contributed by atoms with van der Waals surface area (Å²) in [4.78, 5) is 4.90. The van der Waals surface area contributed by atoms with Crippen LogP contribution in [0.15, 0.2) is 23.8 Å². The maximum atomic E-state index is 11.4. The molecule has 1 aromatic rings. The number of nitrogens with zero attached hydrogens (tertiary/aromatic N) is 2. The van der Waals surface area contributed by atoms with Crippen LogP contribution in [0.4, 0.5) is 0 Å². The van der Waals surface area contributed by atoms with Gasteiger partial charge in [0.05, 0.1) is 12.1 Å². The lowest BCUT2D eigenvalue weighted by atomic mass is 9.72. The van der Waals surface area contributed by atoms with Crippen molar-refractivity contribution in [3.05, 3.63) is 34.9 Å². The van der Waals surface area contributed by atoms with Crippen LogP contribution in [0.2, 0.25) is 0 Å². The Hall–Kier alpha value is -1.56. The highest BCUT2D eigenvalue weighted by atomic mass is 16.7. The van der Waals surface area contributed by atoms with E-state index in [2.05, 4.69) is 41.9 Å². The predicted molar refractivity (Wildman–Crippen MR) is 94.9 cm³/mol. The molecule has 1 N–H and O–H groups in total. The quantitative estimate of drug-likeness (QED) is 0.853. The number of likely N-dealkylation sites (N-methyl/N-ethyl adjacent to an activating group) is 1. The average Bonchev–Trinajstić information content (AvgIpc) is 3.24. The van der Waals surface area contributed by atoms with Crippen molar-refractivity contribution < 1.29 is 14.6 Å². The van der Waals surface area contributed by atoms with Gasteiger partial charge in [-0.05, 0) is 42.8 Å². The minimum Gasteiger partial charge on any atom is -0.454 e. The number of aliphatic hydroxyl groups excluding tert-OH is 1. The van der Waals surface area contributed by atoms with Gasteiger partial charge in [0.25, 0.3) is 0 Å². The lowest BCUT2D eigenvalue weighted by Gasteiger charge is -2.47. The number of fused-ring (bicyclic) bond motifs is 3. The van der Waals surface area contributed by atoms with Crippen molar-refractivity contribution in [1.82, 2.24) is 9.80 Å². The molecule has 0 amide bonds. The van der Waals surface area contributed by atoms with Crippen molar-refractivity contribution in [2.75, 3.05) is 26.4 Å². The Morgan fingerprint density at radius 3 is 2.72 bits per heavy atom. The predicted octanol–water partition coefficient (Wildman–Crippen LogP) is 2.10. The molecular weight excluding hydrogens is 316 g/mol. The summed E-state index contributed by atoms with van der Waals surface area (Å²) in [5.41, 5.74) is 4.05. The number of rotatable bonds is 3. The number of benzene rings is 1. The van der Waals surface area contributed by atoms with Gasteiger partial charge in [-0.1, -0.05) is 25.5 Å². The van der Waals surface area contributed by atoms with Gasteiger partial charge in [-0.2, -0.15) is 0 Å². The minimum absolute atomic E-state index is 0.0996. The minimum atomic E-state index is -0.395. The van der Waals surface area contributed by atoms with Crippen LogP contribution < -0.4 is 9.47 Å². The Balaban J connectivity index is 1.62. The van der Waals surface area contributed by atoms with E-state index in [1.165, 1.54) is 16.7 Å². The van der Waals surface area contributed by atoms with Gasteiger partial charge in [-0.3, -0.25) is 9.80 Å². The molecule has 0 unspecified atom stereocenters. The van der Waals surface area contributed by atoms with Crippen molar-refractivity contribution >= 4 is 0 Å². The van der Waals surface area contributed by atoms with Crippen LogP contribution in [0.1, 0.15) is 37.3 Å². The van der Waals surface area contributed by atoms with E-state index in [9.17, 15) is 5.11 Å². The van der Waals surface area contributed by atoms with E-state index in [0.29, 0.717) is 12.8 Å². The Bertz CT molecular complexity index is 728. The van der Waals surface area contributed by atoms with E-state index >= 15 is 0 Å². The highest BCUT2D eigenvalue weighted by Gasteiger charge is 2.49. The summed E-state index contributed by atoms with van der Waals surface area (Å²) >= 11 is 0. The van der Waals surface area contributed by atoms with E-state index in [1.807, 2.05) is 0 Å². The van der Waals surface area contributed by atoms with E-state index in [0.717, 1.165) is 44.1 Å². The maximum absolute atomic E-state index is 11.4. The SMILES string of the molecule is CCN(CC)[C@H]1C=C2CCN3Cc4cc5c(cc4[C@H]([C@@H]1O)[C@@H]23)OCO5. The number of aliphatic hydroxyl groups is 1. The average molecular weight is 342 g/mol. The van der Waals surface area contributed by atoms with Gasteiger partial charge in [-0.25, -0.2) is 0 Å². The second kappa shape index (κ2) is 5.73. The Morgan fingerprint density at radius 2 is 1.96 bits per heavy atom. The van der Waals surface area contributed by atoms with Crippen molar-refractivity contribution in [3.63, 3.8) is 0 Å². The Morgan fingerprint density at radius 1 is 1.20 bits per heavy atom. The van der Waals surface area contributed by atoms with E-state index in [-0.39, 0.29) is 12.0 Å². The van der Waals surface area contributed by atoms with E-state index in [1.54, 1.807) is 0 Å². The van der Waals surface area contributed by atoms with Gasteiger partial charge in [0, 0.05) is 25.0 Å². The Kier molecular flexibility index (Phi) is 3.59. The topological polar surface area (TPSA) is 45.2 Å². The van der Waals surface area contributed by atoms with Crippen molar-refractivity contribution in [2.24, 2.45) is 0 Å². The molecule has 134 valence electrons. The summed E-state index contributed by atoms with van der Waals surface area (Å²) in [6.07, 6.45) is 3.08. The first-order chi connectivity index (χ1) is 12.2. The molecule has 0 radical (unpaired) electrons. The van der Waals surface area contributed by atoms with Crippen LogP contribution in [0.25, 0.3) is 0 Å². The summed E-state index contributed by atoms with van der Waals surface area (Å²) < 4.78 is 11.2. The fourth-order valence-electron chi connectivity index (χ4n) is 5.31. The molecule has 0 saturated carbocycles. The molecule has 0 aromatic heterocycles.